The van der Waals surface area contributed by atoms with Gasteiger partial charge in [0.15, 0.2) is 11.3 Å². The normalized spacial score (nSPS) is 11.3. The van der Waals surface area contributed by atoms with Crippen molar-refractivity contribution in [3.05, 3.63) is 63.0 Å². The first-order valence-electron chi connectivity index (χ1n) is 6.24. The lowest BCUT2D eigenvalue weighted by Gasteiger charge is -1.97. The van der Waals surface area contributed by atoms with E-state index < -0.39 is 4.92 Å². The van der Waals surface area contributed by atoms with Crippen LogP contribution in [0.25, 0.3) is 23.3 Å². The SMILES string of the molecule is O=[N+]([O-])c1cc(/C=C/c2nc3cc(Cl)ccc3o2)ccc1O. The minimum atomic E-state index is -0.645. The van der Waals surface area contributed by atoms with Crippen LogP contribution in [0.15, 0.2) is 40.8 Å². The third-order valence-corrected chi connectivity index (χ3v) is 3.22. The molecule has 1 aromatic heterocycles. The Balaban J connectivity index is 1.92. The van der Waals surface area contributed by atoms with Gasteiger partial charge in [-0.05, 0) is 35.9 Å². The standard InChI is InChI=1S/C15H9ClN2O4/c16-10-3-5-14-11(8-10)17-15(22-14)6-2-9-1-4-13(19)12(7-9)18(20)21/h1-8,19H/b6-2+. The Morgan fingerprint density at radius 3 is 2.82 bits per heavy atom. The fourth-order valence-corrected chi connectivity index (χ4v) is 2.11. The average molecular weight is 317 g/mol. The molecule has 0 amide bonds. The molecule has 0 spiro atoms. The lowest BCUT2D eigenvalue weighted by atomic mass is 10.2. The number of phenols is 1. The number of halogens is 1. The molecule has 2 aromatic carbocycles. The second kappa shape index (κ2) is 5.50. The van der Waals surface area contributed by atoms with Crippen molar-refractivity contribution in [2.24, 2.45) is 0 Å². The van der Waals surface area contributed by atoms with Gasteiger partial charge in [-0.3, -0.25) is 10.1 Å². The highest BCUT2D eigenvalue weighted by Crippen LogP contribution is 2.27. The van der Waals surface area contributed by atoms with E-state index in [9.17, 15) is 15.2 Å². The van der Waals surface area contributed by atoms with E-state index in [1.807, 2.05) is 0 Å². The van der Waals surface area contributed by atoms with Crippen molar-refractivity contribution >= 4 is 40.5 Å². The number of aromatic nitrogens is 1. The van der Waals surface area contributed by atoms with E-state index in [-0.39, 0.29) is 11.4 Å². The lowest BCUT2D eigenvalue weighted by molar-refractivity contribution is -0.385. The summed E-state index contributed by atoms with van der Waals surface area (Å²) >= 11 is 5.88. The van der Waals surface area contributed by atoms with Gasteiger partial charge in [-0.2, -0.15) is 0 Å². The molecule has 0 bridgehead atoms. The van der Waals surface area contributed by atoms with E-state index in [2.05, 4.69) is 4.98 Å². The highest BCUT2D eigenvalue weighted by atomic mass is 35.5. The van der Waals surface area contributed by atoms with Gasteiger partial charge in [0, 0.05) is 17.2 Å². The third kappa shape index (κ3) is 2.77. The molecule has 0 unspecified atom stereocenters. The van der Waals surface area contributed by atoms with Crippen LogP contribution in [0.3, 0.4) is 0 Å². The number of fused-ring (bicyclic) bond motifs is 1. The zero-order valence-electron chi connectivity index (χ0n) is 11.1. The average Bonchev–Trinajstić information content (AvgIpc) is 2.88. The van der Waals surface area contributed by atoms with E-state index in [0.29, 0.717) is 27.6 Å². The molecule has 1 heterocycles. The largest absolute Gasteiger partial charge is 0.502 e. The molecule has 110 valence electrons. The predicted octanol–water partition coefficient (Wildman–Crippen LogP) is 4.27. The quantitative estimate of drug-likeness (QED) is 0.576. The molecule has 22 heavy (non-hydrogen) atoms. The number of rotatable bonds is 3. The van der Waals surface area contributed by atoms with Crippen LogP contribution in [0.2, 0.25) is 5.02 Å². The Morgan fingerprint density at radius 2 is 2.05 bits per heavy atom. The van der Waals surface area contributed by atoms with Crippen LogP contribution in [0.1, 0.15) is 11.5 Å². The van der Waals surface area contributed by atoms with Crippen molar-refractivity contribution in [3.63, 3.8) is 0 Å². The topological polar surface area (TPSA) is 89.4 Å². The first kappa shape index (κ1) is 14.1. The molecule has 1 N–H and O–H groups in total. The molecule has 0 saturated carbocycles. The summed E-state index contributed by atoms with van der Waals surface area (Å²) < 4.78 is 5.51. The molecular weight excluding hydrogens is 308 g/mol. The van der Waals surface area contributed by atoms with Gasteiger partial charge in [0.1, 0.15) is 5.52 Å². The molecule has 6 nitrogen and oxygen atoms in total. The molecule has 0 saturated heterocycles. The zero-order chi connectivity index (χ0) is 15.7. The van der Waals surface area contributed by atoms with E-state index >= 15 is 0 Å². The van der Waals surface area contributed by atoms with E-state index in [4.69, 9.17) is 16.0 Å². The molecule has 0 aliphatic heterocycles. The molecule has 0 aliphatic carbocycles. The minimum absolute atomic E-state index is 0.355. The Bertz CT molecular complexity index is 902. The van der Waals surface area contributed by atoms with Gasteiger partial charge in [-0.25, -0.2) is 4.98 Å². The van der Waals surface area contributed by atoms with Crippen molar-refractivity contribution < 1.29 is 14.4 Å². The summed E-state index contributed by atoms with van der Waals surface area (Å²) in [5.74, 6) is -0.0216. The first-order valence-corrected chi connectivity index (χ1v) is 6.62. The number of hydrogen-bond donors (Lipinski definition) is 1. The molecule has 3 aromatic rings. The monoisotopic (exact) mass is 316 g/mol. The Morgan fingerprint density at radius 1 is 1.23 bits per heavy atom. The fourth-order valence-electron chi connectivity index (χ4n) is 1.95. The Hall–Kier alpha value is -2.86. The summed E-state index contributed by atoms with van der Waals surface area (Å²) in [5.41, 5.74) is 1.42. The van der Waals surface area contributed by atoms with Crippen LogP contribution in [0, 0.1) is 10.1 Å². The van der Waals surface area contributed by atoms with Crippen molar-refractivity contribution in [2.45, 2.75) is 0 Å². The molecular formula is C15H9ClN2O4. The Kier molecular flexibility index (Phi) is 3.52. The number of nitro groups is 1. The summed E-state index contributed by atoms with van der Waals surface area (Å²) in [5, 5.41) is 20.7. The highest BCUT2D eigenvalue weighted by Gasteiger charge is 2.12. The second-order valence-electron chi connectivity index (χ2n) is 4.50. The third-order valence-electron chi connectivity index (χ3n) is 2.98. The molecule has 7 heteroatoms. The van der Waals surface area contributed by atoms with Crippen molar-refractivity contribution in [1.29, 1.82) is 0 Å². The van der Waals surface area contributed by atoms with Crippen LogP contribution in [0.5, 0.6) is 5.75 Å². The minimum Gasteiger partial charge on any atom is -0.502 e. The fraction of sp³-hybridized carbons (Fsp3) is 0. The second-order valence-corrected chi connectivity index (χ2v) is 4.94. The molecule has 0 aliphatic rings. The number of nitro benzene ring substituents is 1. The highest BCUT2D eigenvalue weighted by molar-refractivity contribution is 6.31. The van der Waals surface area contributed by atoms with Gasteiger partial charge < -0.3 is 9.52 Å². The van der Waals surface area contributed by atoms with Crippen LogP contribution in [-0.2, 0) is 0 Å². The maximum Gasteiger partial charge on any atom is 0.311 e. The number of phenolic OH excluding ortho intramolecular Hbond substituents is 1. The number of aromatic hydroxyl groups is 1. The zero-order valence-corrected chi connectivity index (χ0v) is 11.8. The van der Waals surface area contributed by atoms with Crippen LogP contribution in [-0.4, -0.2) is 15.0 Å². The summed E-state index contributed by atoms with van der Waals surface area (Å²) in [6.07, 6.45) is 3.20. The summed E-state index contributed by atoms with van der Waals surface area (Å²) in [4.78, 5) is 14.4. The van der Waals surface area contributed by atoms with Gasteiger partial charge in [0.05, 0.1) is 4.92 Å². The summed E-state index contributed by atoms with van der Waals surface area (Å²) in [6.45, 7) is 0. The van der Waals surface area contributed by atoms with Gasteiger partial charge in [0.2, 0.25) is 5.89 Å². The molecule has 0 fully saturated rings. The Labute approximate surface area is 129 Å². The maximum atomic E-state index is 10.8. The number of benzene rings is 2. The van der Waals surface area contributed by atoms with E-state index in [1.165, 1.54) is 12.1 Å². The van der Waals surface area contributed by atoms with Crippen molar-refractivity contribution in [1.82, 2.24) is 4.98 Å². The van der Waals surface area contributed by atoms with Crippen LogP contribution < -0.4 is 0 Å². The number of nitrogens with zero attached hydrogens (tertiary/aromatic N) is 2. The van der Waals surface area contributed by atoms with Crippen LogP contribution >= 0.6 is 11.6 Å². The lowest BCUT2D eigenvalue weighted by Crippen LogP contribution is -1.88. The predicted molar refractivity (Wildman–Crippen MR) is 82.7 cm³/mol. The smallest absolute Gasteiger partial charge is 0.311 e. The van der Waals surface area contributed by atoms with E-state index in [0.717, 1.165) is 0 Å². The van der Waals surface area contributed by atoms with Gasteiger partial charge >= 0.3 is 5.69 Å². The number of hydrogen-bond acceptors (Lipinski definition) is 5. The van der Waals surface area contributed by atoms with Gasteiger partial charge in [-0.15, -0.1) is 0 Å². The molecule has 0 radical (unpaired) electrons. The summed E-state index contributed by atoms with van der Waals surface area (Å²) in [7, 11) is 0. The van der Waals surface area contributed by atoms with Crippen LogP contribution in [0.4, 0.5) is 5.69 Å². The maximum absolute atomic E-state index is 10.8. The summed E-state index contributed by atoms with van der Waals surface area (Å²) in [6, 6.07) is 9.19. The van der Waals surface area contributed by atoms with Gasteiger partial charge in [-0.1, -0.05) is 17.7 Å². The molecule has 0 atom stereocenters. The first-order chi connectivity index (χ1) is 10.5. The van der Waals surface area contributed by atoms with Crippen molar-refractivity contribution in [2.75, 3.05) is 0 Å². The molecule has 3 rings (SSSR count). The number of oxazole rings is 1. The van der Waals surface area contributed by atoms with E-state index in [1.54, 1.807) is 36.4 Å². The van der Waals surface area contributed by atoms with Crippen molar-refractivity contribution in [3.8, 4) is 5.75 Å². The van der Waals surface area contributed by atoms with Gasteiger partial charge in [0.25, 0.3) is 0 Å².